The third kappa shape index (κ3) is 20.5. The molecule has 0 bridgehead atoms. The van der Waals surface area contributed by atoms with E-state index in [0.29, 0.717) is 12.8 Å². The smallest absolute Gasteiger partial charge is 0.748 e. The SMILES string of the molecule is CCCCCCCCCCCCCCCC(C(O)CCCCCC)S(=O)(=O)[O-].[Na+]. The maximum absolute atomic E-state index is 11.5. The van der Waals surface area contributed by atoms with E-state index in [-0.39, 0.29) is 29.6 Å². The molecule has 0 radical (unpaired) electrons. The zero-order chi connectivity index (χ0) is 21.1. The molecule has 1 N–H and O–H groups in total. The van der Waals surface area contributed by atoms with Crippen molar-refractivity contribution in [3.8, 4) is 0 Å². The van der Waals surface area contributed by atoms with E-state index in [1.54, 1.807) is 0 Å². The molecule has 4 nitrogen and oxygen atoms in total. The average molecular weight is 443 g/mol. The second-order valence-electron chi connectivity index (χ2n) is 8.48. The van der Waals surface area contributed by atoms with Gasteiger partial charge in [0.05, 0.1) is 11.4 Å². The summed E-state index contributed by atoms with van der Waals surface area (Å²) in [6, 6.07) is 0. The molecule has 0 spiro atoms. The van der Waals surface area contributed by atoms with Gasteiger partial charge in [-0.3, -0.25) is 0 Å². The fourth-order valence-electron chi connectivity index (χ4n) is 3.86. The first-order chi connectivity index (χ1) is 13.4. The first-order valence-corrected chi connectivity index (χ1v) is 13.5. The number of hydrogen-bond donors (Lipinski definition) is 1. The second-order valence-corrected chi connectivity index (χ2v) is 10.1. The largest absolute Gasteiger partial charge is 1.00 e. The van der Waals surface area contributed by atoms with E-state index in [1.807, 2.05) is 0 Å². The first-order valence-electron chi connectivity index (χ1n) is 12.1. The fraction of sp³-hybridized carbons (Fsp3) is 1.00. The van der Waals surface area contributed by atoms with E-state index in [9.17, 15) is 18.1 Å². The molecule has 0 aromatic rings. The molecule has 0 rings (SSSR count). The van der Waals surface area contributed by atoms with Crippen molar-refractivity contribution in [2.45, 2.75) is 147 Å². The molecule has 2 unspecified atom stereocenters. The van der Waals surface area contributed by atoms with E-state index >= 15 is 0 Å². The number of hydrogen-bond acceptors (Lipinski definition) is 4. The Balaban J connectivity index is 0. The minimum absolute atomic E-state index is 0. The molecule has 0 saturated carbocycles. The van der Waals surface area contributed by atoms with Crippen molar-refractivity contribution in [3.63, 3.8) is 0 Å². The normalized spacial score (nSPS) is 13.8. The summed E-state index contributed by atoms with van der Waals surface area (Å²) < 4.78 is 34.5. The standard InChI is InChI=1S/C23H48O4S.Na/c1-3-5-7-9-10-11-12-13-14-15-16-17-19-21-23(28(25,26)27)22(24)20-18-8-6-4-2;/h22-24H,3-21H2,1-2H3,(H,25,26,27);/q;+1/p-1. The summed E-state index contributed by atoms with van der Waals surface area (Å²) in [7, 11) is -4.42. The Morgan fingerprint density at radius 1 is 0.621 bits per heavy atom. The topological polar surface area (TPSA) is 77.4 Å². The Kier molecular flexibility index (Phi) is 24.4. The summed E-state index contributed by atoms with van der Waals surface area (Å²) in [5.41, 5.74) is 0. The van der Waals surface area contributed by atoms with E-state index in [0.717, 1.165) is 44.9 Å². The molecular weight excluding hydrogens is 395 g/mol. The van der Waals surface area contributed by atoms with Crippen LogP contribution in [0.1, 0.15) is 136 Å². The van der Waals surface area contributed by atoms with Crippen LogP contribution < -0.4 is 29.6 Å². The molecule has 0 aliphatic heterocycles. The van der Waals surface area contributed by atoms with Gasteiger partial charge in [0.2, 0.25) is 0 Å². The van der Waals surface area contributed by atoms with Crippen LogP contribution in [0.25, 0.3) is 0 Å². The minimum atomic E-state index is -4.42. The number of aliphatic hydroxyl groups excluding tert-OH is 1. The van der Waals surface area contributed by atoms with Crippen LogP contribution in [-0.2, 0) is 10.1 Å². The van der Waals surface area contributed by atoms with Gasteiger partial charge in [0, 0.05) is 0 Å². The van der Waals surface area contributed by atoms with E-state index in [1.165, 1.54) is 64.2 Å². The Labute approximate surface area is 204 Å². The quantitative estimate of drug-likeness (QED) is 0.167. The van der Waals surface area contributed by atoms with Crippen LogP contribution in [0.3, 0.4) is 0 Å². The van der Waals surface area contributed by atoms with E-state index < -0.39 is 21.5 Å². The van der Waals surface area contributed by atoms with Crippen LogP contribution in [0.2, 0.25) is 0 Å². The predicted molar refractivity (Wildman–Crippen MR) is 119 cm³/mol. The van der Waals surface area contributed by atoms with Crippen molar-refractivity contribution < 1.29 is 47.6 Å². The summed E-state index contributed by atoms with van der Waals surface area (Å²) in [6.07, 6.45) is 19.6. The van der Waals surface area contributed by atoms with Crippen molar-refractivity contribution >= 4 is 10.1 Å². The zero-order valence-electron chi connectivity index (χ0n) is 19.7. The molecule has 6 heteroatoms. The van der Waals surface area contributed by atoms with Gasteiger partial charge in [0.25, 0.3) is 0 Å². The van der Waals surface area contributed by atoms with Gasteiger partial charge in [-0.05, 0) is 12.8 Å². The third-order valence-electron chi connectivity index (χ3n) is 5.75. The maximum Gasteiger partial charge on any atom is 1.00 e. The molecule has 0 saturated heterocycles. The van der Waals surface area contributed by atoms with Crippen LogP contribution in [0, 0.1) is 0 Å². The molecule has 0 amide bonds. The van der Waals surface area contributed by atoms with Gasteiger partial charge in [-0.15, -0.1) is 0 Å². The zero-order valence-corrected chi connectivity index (χ0v) is 22.5. The second kappa shape index (κ2) is 22.1. The molecule has 0 aromatic heterocycles. The molecule has 29 heavy (non-hydrogen) atoms. The van der Waals surface area contributed by atoms with Gasteiger partial charge in [0.1, 0.15) is 10.1 Å². The van der Waals surface area contributed by atoms with Crippen LogP contribution in [-0.4, -0.2) is 29.4 Å². The Hall–Kier alpha value is 0.870. The summed E-state index contributed by atoms with van der Waals surface area (Å²) in [6.45, 7) is 4.35. The fourth-order valence-corrected chi connectivity index (χ4v) is 4.83. The van der Waals surface area contributed by atoms with E-state index in [4.69, 9.17) is 0 Å². The Morgan fingerprint density at radius 2 is 0.931 bits per heavy atom. The predicted octanol–water partition coefficient (Wildman–Crippen LogP) is 3.72. The monoisotopic (exact) mass is 442 g/mol. The van der Waals surface area contributed by atoms with Crippen molar-refractivity contribution in [2.24, 2.45) is 0 Å². The molecule has 0 aliphatic carbocycles. The van der Waals surface area contributed by atoms with Crippen molar-refractivity contribution in [1.29, 1.82) is 0 Å². The van der Waals surface area contributed by atoms with Crippen molar-refractivity contribution in [2.75, 3.05) is 0 Å². The summed E-state index contributed by atoms with van der Waals surface area (Å²) >= 11 is 0. The van der Waals surface area contributed by atoms with Gasteiger partial charge in [-0.1, -0.05) is 123 Å². The van der Waals surface area contributed by atoms with Crippen molar-refractivity contribution in [1.82, 2.24) is 0 Å². The number of aliphatic hydroxyl groups is 1. The molecule has 170 valence electrons. The van der Waals surface area contributed by atoms with E-state index in [2.05, 4.69) is 13.8 Å². The van der Waals surface area contributed by atoms with Gasteiger partial charge in [-0.25, -0.2) is 8.42 Å². The first kappa shape index (κ1) is 32.1. The minimum Gasteiger partial charge on any atom is -0.748 e. The van der Waals surface area contributed by atoms with Crippen LogP contribution in [0.5, 0.6) is 0 Å². The average Bonchev–Trinajstić information content (AvgIpc) is 2.64. The molecular formula is C23H47NaO4S. The van der Waals surface area contributed by atoms with Gasteiger partial charge >= 0.3 is 29.6 Å². The number of unbranched alkanes of at least 4 members (excludes halogenated alkanes) is 15. The molecule has 0 fully saturated rings. The van der Waals surface area contributed by atoms with Gasteiger partial charge in [-0.2, -0.15) is 0 Å². The maximum atomic E-state index is 11.5. The molecule has 2 atom stereocenters. The summed E-state index contributed by atoms with van der Waals surface area (Å²) in [5, 5.41) is 9.03. The van der Waals surface area contributed by atoms with Crippen LogP contribution in [0.15, 0.2) is 0 Å². The Bertz CT molecular complexity index is 429. The molecule has 0 aromatic carbocycles. The van der Waals surface area contributed by atoms with Crippen LogP contribution in [0.4, 0.5) is 0 Å². The molecule has 0 heterocycles. The third-order valence-corrected chi connectivity index (χ3v) is 7.04. The van der Waals surface area contributed by atoms with Gasteiger partial charge in [0.15, 0.2) is 0 Å². The Morgan fingerprint density at radius 3 is 1.31 bits per heavy atom. The summed E-state index contributed by atoms with van der Waals surface area (Å²) in [4.78, 5) is 0. The number of rotatable bonds is 21. The summed E-state index contributed by atoms with van der Waals surface area (Å²) in [5.74, 6) is 0. The van der Waals surface area contributed by atoms with Crippen LogP contribution >= 0.6 is 0 Å². The van der Waals surface area contributed by atoms with Gasteiger partial charge < -0.3 is 9.66 Å². The van der Waals surface area contributed by atoms with Crippen molar-refractivity contribution in [3.05, 3.63) is 0 Å². The molecule has 0 aliphatic rings.